The number of aryl methyl sites for hydroxylation is 1. The number of aromatic amines is 1. The van der Waals surface area contributed by atoms with E-state index in [1.54, 1.807) is 19.3 Å². The minimum atomic E-state index is -0.123. The highest BCUT2D eigenvalue weighted by Crippen LogP contribution is 2.29. The summed E-state index contributed by atoms with van der Waals surface area (Å²) >= 11 is 0. The first kappa shape index (κ1) is 18.2. The number of hydrogen-bond acceptors (Lipinski definition) is 6. The number of H-pyrrole nitrogens is 1. The number of anilines is 1. The Labute approximate surface area is 163 Å². The van der Waals surface area contributed by atoms with Crippen LogP contribution in [0.3, 0.4) is 0 Å². The Hall–Kier alpha value is -3.22. The lowest BCUT2D eigenvalue weighted by Gasteiger charge is -2.09. The number of ether oxygens (including phenoxy) is 1. The number of nitrogens with zero attached hydrogens (tertiary/aromatic N) is 3. The summed E-state index contributed by atoms with van der Waals surface area (Å²) in [6, 6.07) is 7.66. The Kier molecular flexibility index (Phi) is 5.06. The molecular weight excluding hydrogens is 354 g/mol. The van der Waals surface area contributed by atoms with Gasteiger partial charge in [-0.1, -0.05) is 0 Å². The molecule has 0 bridgehead atoms. The average Bonchev–Trinajstić information content (AvgIpc) is 3.54. The zero-order valence-electron chi connectivity index (χ0n) is 16.0. The summed E-state index contributed by atoms with van der Waals surface area (Å²) in [7, 11) is 0. The summed E-state index contributed by atoms with van der Waals surface area (Å²) in [5, 5.41) is 3.29. The number of hydrogen-bond donors (Lipinski definition) is 2. The van der Waals surface area contributed by atoms with Crippen molar-refractivity contribution in [3.63, 3.8) is 0 Å². The molecule has 2 N–H and O–H groups in total. The summed E-state index contributed by atoms with van der Waals surface area (Å²) in [5.74, 6) is 2.64. The van der Waals surface area contributed by atoms with Gasteiger partial charge in [0, 0.05) is 41.8 Å². The van der Waals surface area contributed by atoms with Crippen molar-refractivity contribution in [2.45, 2.75) is 33.2 Å². The fourth-order valence-electron chi connectivity index (χ4n) is 2.74. The predicted octanol–water partition coefficient (Wildman–Crippen LogP) is 3.24. The molecule has 1 saturated carbocycles. The highest BCUT2D eigenvalue weighted by atomic mass is 16.5. The quantitative estimate of drug-likeness (QED) is 0.657. The Morgan fingerprint density at radius 3 is 2.79 bits per heavy atom. The monoisotopic (exact) mass is 377 g/mol. The number of rotatable bonds is 7. The SMILES string of the molecule is Cc1nc(-c2ccc(NCc3ccnc(OCC4CC4)c3)nc2)[nH]c(=O)c1C. The lowest BCUT2D eigenvalue weighted by molar-refractivity contribution is 0.288. The topological polar surface area (TPSA) is 92.8 Å². The molecule has 7 heteroatoms. The fourth-order valence-corrected chi connectivity index (χ4v) is 2.74. The Bertz CT molecular complexity index is 1030. The van der Waals surface area contributed by atoms with Crippen LogP contribution in [0, 0.1) is 19.8 Å². The summed E-state index contributed by atoms with van der Waals surface area (Å²) < 4.78 is 5.72. The molecule has 7 nitrogen and oxygen atoms in total. The van der Waals surface area contributed by atoms with Crippen molar-refractivity contribution in [2.24, 2.45) is 5.92 Å². The van der Waals surface area contributed by atoms with Crippen molar-refractivity contribution < 1.29 is 4.74 Å². The lowest BCUT2D eigenvalue weighted by Crippen LogP contribution is -2.14. The van der Waals surface area contributed by atoms with Crippen LogP contribution in [-0.4, -0.2) is 26.5 Å². The van der Waals surface area contributed by atoms with Gasteiger partial charge in [-0.2, -0.15) is 0 Å². The first-order valence-corrected chi connectivity index (χ1v) is 9.44. The van der Waals surface area contributed by atoms with Crippen molar-refractivity contribution in [1.29, 1.82) is 0 Å². The van der Waals surface area contributed by atoms with E-state index in [4.69, 9.17) is 4.74 Å². The molecule has 0 radical (unpaired) electrons. The van der Waals surface area contributed by atoms with E-state index in [2.05, 4.69) is 25.3 Å². The first-order chi connectivity index (χ1) is 13.6. The molecule has 1 aliphatic rings. The van der Waals surface area contributed by atoms with Crippen molar-refractivity contribution in [3.8, 4) is 17.3 Å². The Balaban J connectivity index is 1.39. The van der Waals surface area contributed by atoms with Crippen LogP contribution in [0.4, 0.5) is 5.82 Å². The average molecular weight is 377 g/mol. The van der Waals surface area contributed by atoms with Gasteiger partial charge in [0.05, 0.1) is 6.61 Å². The summed E-state index contributed by atoms with van der Waals surface area (Å²) in [6.07, 6.45) is 5.98. The molecule has 0 unspecified atom stereocenters. The number of nitrogens with one attached hydrogen (secondary N) is 2. The molecule has 3 aromatic heterocycles. The van der Waals surface area contributed by atoms with E-state index < -0.39 is 0 Å². The molecule has 4 rings (SSSR count). The van der Waals surface area contributed by atoms with E-state index in [9.17, 15) is 4.79 Å². The molecule has 1 aliphatic carbocycles. The third-order valence-electron chi connectivity index (χ3n) is 4.87. The van der Waals surface area contributed by atoms with Crippen LogP contribution >= 0.6 is 0 Å². The molecular formula is C21H23N5O2. The summed E-state index contributed by atoms with van der Waals surface area (Å²) in [4.78, 5) is 27.8. The zero-order valence-corrected chi connectivity index (χ0v) is 16.0. The zero-order chi connectivity index (χ0) is 19.5. The maximum Gasteiger partial charge on any atom is 0.254 e. The molecule has 3 heterocycles. The number of aromatic nitrogens is 4. The normalized spacial score (nSPS) is 13.4. The van der Waals surface area contributed by atoms with E-state index in [0.29, 0.717) is 29.7 Å². The van der Waals surface area contributed by atoms with Gasteiger partial charge in [0.2, 0.25) is 5.88 Å². The minimum Gasteiger partial charge on any atom is -0.477 e. The van der Waals surface area contributed by atoms with Gasteiger partial charge < -0.3 is 15.0 Å². The van der Waals surface area contributed by atoms with Gasteiger partial charge in [0.15, 0.2) is 0 Å². The predicted molar refractivity (Wildman–Crippen MR) is 107 cm³/mol. The molecule has 144 valence electrons. The second-order valence-corrected chi connectivity index (χ2v) is 7.17. The van der Waals surface area contributed by atoms with Crippen LogP contribution in [0.1, 0.15) is 29.7 Å². The van der Waals surface area contributed by atoms with Crippen LogP contribution in [0.25, 0.3) is 11.4 Å². The number of pyridine rings is 2. The van der Waals surface area contributed by atoms with Crippen LogP contribution in [0.5, 0.6) is 5.88 Å². The lowest BCUT2D eigenvalue weighted by atomic mass is 10.2. The van der Waals surface area contributed by atoms with Crippen LogP contribution in [0.2, 0.25) is 0 Å². The van der Waals surface area contributed by atoms with E-state index in [1.807, 2.05) is 31.2 Å². The second-order valence-electron chi connectivity index (χ2n) is 7.17. The van der Waals surface area contributed by atoms with Gasteiger partial charge >= 0.3 is 0 Å². The van der Waals surface area contributed by atoms with Gasteiger partial charge in [-0.3, -0.25) is 4.79 Å². The van der Waals surface area contributed by atoms with Gasteiger partial charge in [0.1, 0.15) is 11.6 Å². The maximum absolute atomic E-state index is 11.9. The third-order valence-corrected chi connectivity index (χ3v) is 4.87. The largest absolute Gasteiger partial charge is 0.477 e. The highest BCUT2D eigenvalue weighted by molar-refractivity contribution is 5.56. The van der Waals surface area contributed by atoms with Crippen molar-refractivity contribution in [3.05, 3.63) is 63.8 Å². The van der Waals surface area contributed by atoms with Gasteiger partial charge in [-0.05, 0) is 56.4 Å². The van der Waals surface area contributed by atoms with E-state index >= 15 is 0 Å². The van der Waals surface area contributed by atoms with Crippen molar-refractivity contribution in [2.75, 3.05) is 11.9 Å². The van der Waals surface area contributed by atoms with Gasteiger partial charge in [-0.25, -0.2) is 15.0 Å². The first-order valence-electron chi connectivity index (χ1n) is 9.44. The van der Waals surface area contributed by atoms with E-state index in [-0.39, 0.29) is 5.56 Å². The molecule has 0 atom stereocenters. The highest BCUT2D eigenvalue weighted by Gasteiger charge is 2.22. The molecule has 0 amide bonds. The molecule has 28 heavy (non-hydrogen) atoms. The molecule has 0 spiro atoms. The Morgan fingerprint density at radius 2 is 2.07 bits per heavy atom. The molecule has 0 saturated heterocycles. The fraction of sp³-hybridized carbons (Fsp3) is 0.333. The van der Waals surface area contributed by atoms with Crippen LogP contribution in [-0.2, 0) is 6.54 Å². The van der Waals surface area contributed by atoms with Crippen LogP contribution in [0.15, 0.2) is 41.5 Å². The maximum atomic E-state index is 11.9. The van der Waals surface area contributed by atoms with Crippen LogP contribution < -0.4 is 15.6 Å². The minimum absolute atomic E-state index is 0.123. The molecule has 3 aromatic rings. The van der Waals surface area contributed by atoms with E-state index in [0.717, 1.165) is 29.2 Å². The molecule has 1 fully saturated rings. The van der Waals surface area contributed by atoms with Crippen molar-refractivity contribution >= 4 is 5.82 Å². The second kappa shape index (κ2) is 7.80. The Morgan fingerprint density at radius 1 is 1.21 bits per heavy atom. The van der Waals surface area contributed by atoms with Gasteiger partial charge in [-0.15, -0.1) is 0 Å². The van der Waals surface area contributed by atoms with Gasteiger partial charge in [0.25, 0.3) is 5.56 Å². The van der Waals surface area contributed by atoms with E-state index in [1.165, 1.54) is 12.8 Å². The smallest absolute Gasteiger partial charge is 0.254 e. The summed E-state index contributed by atoms with van der Waals surface area (Å²) in [5.41, 5.74) is 3.07. The molecule has 0 aromatic carbocycles. The summed E-state index contributed by atoms with van der Waals surface area (Å²) in [6.45, 7) is 4.96. The standard InChI is InChI=1S/C21H23N5O2/c1-13-14(2)25-20(26-21(13)27)17-5-6-18(24-11-17)23-10-16-7-8-22-19(9-16)28-12-15-3-4-15/h5-9,11,15H,3-4,10,12H2,1-2H3,(H,23,24)(H,25,26,27). The molecule has 0 aliphatic heterocycles. The third kappa shape index (κ3) is 4.36. The van der Waals surface area contributed by atoms with Crippen molar-refractivity contribution in [1.82, 2.24) is 19.9 Å².